The molecule has 1 N–H and O–H groups in total. The summed E-state index contributed by atoms with van der Waals surface area (Å²) in [4.78, 5) is 33.5. The molecule has 0 saturated carbocycles. The van der Waals surface area contributed by atoms with E-state index in [1.54, 1.807) is 35.4 Å². The molecule has 8 heteroatoms. The van der Waals surface area contributed by atoms with Crippen molar-refractivity contribution in [1.29, 1.82) is 0 Å². The Morgan fingerprint density at radius 3 is 2.81 bits per heavy atom. The molecule has 2 aromatic rings. The van der Waals surface area contributed by atoms with Crippen LogP contribution in [-0.4, -0.2) is 57.3 Å². The van der Waals surface area contributed by atoms with E-state index in [-0.39, 0.29) is 11.8 Å². The van der Waals surface area contributed by atoms with Gasteiger partial charge in [-0.3, -0.25) is 14.3 Å². The third-order valence-corrected chi connectivity index (χ3v) is 5.42. The summed E-state index contributed by atoms with van der Waals surface area (Å²) in [6.45, 7) is 3.87. The number of hydrogen-bond acceptors (Lipinski definition) is 5. The number of pyridine rings is 1. The van der Waals surface area contributed by atoms with Gasteiger partial charge in [-0.05, 0) is 19.1 Å². The minimum absolute atomic E-state index is 0.0112. The van der Waals surface area contributed by atoms with Gasteiger partial charge in [-0.2, -0.15) is 5.10 Å². The first-order valence-corrected chi connectivity index (χ1v) is 8.87. The topological polar surface area (TPSA) is 83.4 Å². The monoisotopic (exact) mass is 354 g/mol. The number of amides is 2. The molecule has 2 aliphatic rings. The quantitative estimate of drug-likeness (QED) is 0.873. The lowest BCUT2D eigenvalue weighted by Crippen LogP contribution is -2.67. The van der Waals surface area contributed by atoms with Crippen molar-refractivity contribution in [3.8, 4) is 0 Å². The molecular weight excluding hydrogens is 332 g/mol. The molecule has 4 rings (SSSR count). The average molecular weight is 354 g/mol. The molecule has 2 aromatic heterocycles. The molecule has 8 nitrogen and oxygen atoms in total. The molecule has 0 atom stereocenters. The zero-order valence-electron chi connectivity index (χ0n) is 15.0. The molecular formula is C18H22N6O2. The van der Waals surface area contributed by atoms with Gasteiger partial charge in [0.15, 0.2) is 0 Å². The number of fused-ring (bicyclic) bond motifs is 1. The van der Waals surface area contributed by atoms with Crippen molar-refractivity contribution < 1.29 is 9.59 Å². The summed E-state index contributed by atoms with van der Waals surface area (Å²) in [6.07, 6.45) is 6.40. The van der Waals surface area contributed by atoms with Gasteiger partial charge in [0.1, 0.15) is 11.5 Å². The number of anilines is 1. The van der Waals surface area contributed by atoms with Crippen molar-refractivity contribution in [3.63, 3.8) is 0 Å². The molecule has 2 aliphatic heterocycles. The second-order valence-corrected chi connectivity index (χ2v) is 6.80. The molecule has 0 aromatic carbocycles. The first kappa shape index (κ1) is 16.6. The second-order valence-electron chi connectivity index (χ2n) is 6.80. The van der Waals surface area contributed by atoms with Crippen molar-refractivity contribution >= 4 is 17.6 Å². The van der Waals surface area contributed by atoms with Gasteiger partial charge in [-0.1, -0.05) is 0 Å². The third-order valence-electron chi connectivity index (χ3n) is 5.42. The van der Waals surface area contributed by atoms with Crippen LogP contribution in [0.2, 0.25) is 0 Å². The van der Waals surface area contributed by atoms with Crippen LogP contribution < -0.4 is 10.2 Å². The third kappa shape index (κ3) is 2.53. The largest absolute Gasteiger partial charge is 0.338 e. The first-order chi connectivity index (χ1) is 12.5. The van der Waals surface area contributed by atoms with Crippen molar-refractivity contribution in [1.82, 2.24) is 25.0 Å². The van der Waals surface area contributed by atoms with E-state index in [1.807, 2.05) is 23.8 Å². The van der Waals surface area contributed by atoms with Gasteiger partial charge in [0, 0.05) is 51.9 Å². The number of carbonyl (C=O) groups excluding carboxylic acids is 2. The number of piperidine rings is 1. The maximum absolute atomic E-state index is 12.7. The molecule has 0 aliphatic carbocycles. The first-order valence-electron chi connectivity index (χ1n) is 8.87. The molecule has 1 saturated heterocycles. The van der Waals surface area contributed by atoms with Gasteiger partial charge in [-0.15, -0.1) is 0 Å². The molecule has 1 fully saturated rings. The van der Waals surface area contributed by atoms with E-state index in [2.05, 4.69) is 15.4 Å². The lowest BCUT2D eigenvalue weighted by molar-refractivity contribution is 0.0608. The highest BCUT2D eigenvalue weighted by Gasteiger charge is 2.45. The zero-order chi connectivity index (χ0) is 18.3. The van der Waals surface area contributed by atoms with Crippen LogP contribution in [0.3, 0.4) is 0 Å². The van der Waals surface area contributed by atoms with Gasteiger partial charge < -0.3 is 15.1 Å². The number of aromatic nitrogens is 3. The summed E-state index contributed by atoms with van der Waals surface area (Å²) in [5.74, 6) is 0.582. The number of hydrogen-bond donors (Lipinski definition) is 1. The second kappa shape index (κ2) is 6.12. The van der Waals surface area contributed by atoms with Crippen LogP contribution >= 0.6 is 0 Å². The Labute approximate surface area is 151 Å². The van der Waals surface area contributed by atoms with Crippen LogP contribution in [0, 0.1) is 0 Å². The Morgan fingerprint density at radius 1 is 1.35 bits per heavy atom. The fraction of sp³-hybridized carbons (Fsp3) is 0.444. The lowest BCUT2D eigenvalue weighted by Gasteiger charge is -2.50. The Bertz CT molecular complexity index is 853. The number of nitrogens with one attached hydrogen (secondary N) is 1. The van der Waals surface area contributed by atoms with E-state index >= 15 is 0 Å². The van der Waals surface area contributed by atoms with Gasteiger partial charge in [0.05, 0.1) is 17.3 Å². The molecule has 0 bridgehead atoms. The van der Waals surface area contributed by atoms with Crippen LogP contribution in [0.15, 0.2) is 30.7 Å². The smallest absolute Gasteiger partial charge is 0.257 e. The van der Waals surface area contributed by atoms with Crippen LogP contribution in [0.4, 0.5) is 5.82 Å². The Hall–Kier alpha value is -2.90. The van der Waals surface area contributed by atoms with E-state index < -0.39 is 5.66 Å². The van der Waals surface area contributed by atoms with Gasteiger partial charge in [0.2, 0.25) is 0 Å². The predicted molar refractivity (Wildman–Crippen MR) is 95.9 cm³/mol. The Balaban J connectivity index is 1.51. The minimum atomic E-state index is -0.497. The SMILES string of the molecule is CCn1cc(C(=O)N2CCC3(CC2)NC(=O)c2cccnc2N3C)cn1. The summed E-state index contributed by atoms with van der Waals surface area (Å²) in [6, 6.07) is 3.55. The Morgan fingerprint density at radius 2 is 2.12 bits per heavy atom. The number of likely N-dealkylation sites (tertiary alicyclic amines) is 1. The van der Waals surface area contributed by atoms with E-state index in [0.29, 0.717) is 42.9 Å². The van der Waals surface area contributed by atoms with Crippen molar-refractivity contribution in [2.24, 2.45) is 0 Å². The van der Waals surface area contributed by atoms with Crippen molar-refractivity contribution in [2.45, 2.75) is 32.0 Å². The minimum Gasteiger partial charge on any atom is -0.338 e. The standard InChI is InChI=1S/C18H22N6O2/c1-3-24-12-13(11-20-24)17(26)23-9-6-18(7-10-23)21-16(25)14-5-4-8-19-15(14)22(18)2/h4-5,8,11-12H,3,6-7,9-10H2,1-2H3,(H,21,25). The number of aryl methyl sites for hydroxylation is 1. The van der Waals surface area contributed by atoms with Crippen LogP contribution in [-0.2, 0) is 6.54 Å². The zero-order valence-corrected chi connectivity index (χ0v) is 15.0. The highest BCUT2D eigenvalue weighted by atomic mass is 16.2. The van der Waals surface area contributed by atoms with Crippen LogP contribution in [0.25, 0.3) is 0 Å². The number of carbonyl (C=O) groups is 2. The van der Waals surface area contributed by atoms with Gasteiger partial charge in [0.25, 0.3) is 11.8 Å². The molecule has 0 unspecified atom stereocenters. The summed E-state index contributed by atoms with van der Waals surface area (Å²) in [5, 5.41) is 7.32. The van der Waals surface area contributed by atoms with E-state index in [4.69, 9.17) is 0 Å². The summed E-state index contributed by atoms with van der Waals surface area (Å²) in [5.41, 5.74) is 0.699. The van der Waals surface area contributed by atoms with E-state index in [0.717, 1.165) is 6.54 Å². The fourth-order valence-corrected chi connectivity index (χ4v) is 3.78. The average Bonchev–Trinajstić information content (AvgIpc) is 3.16. The molecule has 136 valence electrons. The van der Waals surface area contributed by atoms with E-state index in [1.165, 1.54) is 0 Å². The van der Waals surface area contributed by atoms with Crippen LogP contribution in [0.1, 0.15) is 40.5 Å². The molecule has 1 spiro atoms. The van der Waals surface area contributed by atoms with E-state index in [9.17, 15) is 9.59 Å². The molecule has 4 heterocycles. The van der Waals surface area contributed by atoms with Gasteiger partial charge >= 0.3 is 0 Å². The molecule has 2 amide bonds. The summed E-state index contributed by atoms with van der Waals surface area (Å²) >= 11 is 0. The Kier molecular flexibility index (Phi) is 3.90. The normalized spacial score (nSPS) is 18.6. The molecule has 26 heavy (non-hydrogen) atoms. The van der Waals surface area contributed by atoms with Gasteiger partial charge in [-0.25, -0.2) is 4.98 Å². The summed E-state index contributed by atoms with van der Waals surface area (Å²) in [7, 11) is 1.95. The lowest BCUT2D eigenvalue weighted by atomic mass is 9.91. The maximum Gasteiger partial charge on any atom is 0.257 e. The predicted octanol–water partition coefficient (Wildman–Crippen LogP) is 1.11. The van der Waals surface area contributed by atoms with Crippen LogP contribution in [0.5, 0.6) is 0 Å². The van der Waals surface area contributed by atoms with Crippen molar-refractivity contribution in [2.75, 3.05) is 25.0 Å². The maximum atomic E-state index is 12.7. The number of rotatable bonds is 2. The van der Waals surface area contributed by atoms with Crippen molar-refractivity contribution in [3.05, 3.63) is 41.9 Å². The molecule has 0 radical (unpaired) electrons. The fourth-order valence-electron chi connectivity index (χ4n) is 3.78. The number of nitrogens with zero attached hydrogens (tertiary/aromatic N) is 5. The highest BCUT2D eigenvalue weighted by Crippen LogP contribution is 2.34. The highest BCUT2D eigenvalue weighted by molar-refractivity contribution is 6.01. The summed E-state index contributed by atoms with van der Waals surface area (Å²) < 4.78 is 1.75.